The summed E-state index contributed by atoms with van der Waals surface area (Å²) in [6.45, 7) is 0.592. The Morgan fingerprint density at radius 2 is 0.824 bits per heavy atom. The smallest absolute Gasteiger partial charge is 0.854 e. The Bertz CT molecular complexity index is 80.5. The zero-order valence-corrected chi connectivity index (χ0v) is 12.3. The first-order chi connectivity index (χ1) is 7.83. The average Bonchev–Trinajstić information content (AvgIpc) is 2.31. The summed E-state index contributed by atoms with van der Waals surface area (Å²) in [7, 11) is 0. The number of rotatable bonds is 10. The van der Waals surface area contributed by atoms with Gasteiger partial charge in [-0.1, -0.05) is 38.5 Å². The molecule has 0 fully saturated rings. The minimum Gasteiger partial charge on any atom is -0.854 e. The molecule has 0 aliphatic carbocycles. The number of aliphatic hydroxyl groups excluding tert-OH is 2. The van der Waals surface area contributed by atoms with Crippen LogP contribution < -0.4 is 10.2 Å². The van der Waals surface area contributed by atoms with Crippen LogP contribution in [0.15, 0.2) is 0 Å². The van der Waals surface area contributed by atoms with E-state index in [1.165, 1.54) is 0 Å². The van der Waals surface area contributed by atoms with Crippen LogP contribution in [0.4, 0.5) is 0 Å². The molecule has 0 aromatic rings. The van der Waals surface area contributed by atoms with E-state index in [1.54, 1.807) is 0 Å². The molecule has 0 saturated heterocycles. The molecule has 5 heteroatoms. The molecule has 0 saturated carbocycles. The van der Waals surface area contributed by atoms with Gasteiger partial charge in [-0.2, -0.15) is 0 Å². The Labute approximate surface area is 121 Å². The third-order valence-electron chi connectivity index (χ3n) is 2.10. The van der Waals surface area contributed by atoms with Crippen molar-refractivity contribution >= 4 is 23.1 Å². The summed E-state index contributed by atoms with van der Waals surface area (Å²) in [6, 6.07) is 0. The number of unbranched alkanes of at least 4 members (excludes halogenated alkanes) is 6. The van der Waals surface area contributed by atoms with Gasteiger partial charge >= 0.3 is 23.1 Å². The summed E-state index contributed by atoms with van der Waals surface area (Å²) < 4.78 is 0. The molecule has 0 atom stereocenters. The first-order valence-corrected chi connectivity index (χ1v) is 6.21. The number of hydrogen-bond acceptors (Lipinski definition) is 4. The molecule has 0 aromatic heterocycles. The van der Waals surface area contributed by atoms with Crippen molar-refractivity contribution in [2.75, 3.05) is 26.4 Å². The first-order valence-electron chi connectivity index (χ1n) is 6.21. The second kappa shape index (κ2) is 25.5. The average molecular weight is 259 g/mol. The molecular weight excluding hydrogens is 232 g/mol. The molecule has 0 bridgehead atoms. The minimum absolute atomic E-state index is 0. The maximum Gasteiger partial charge on any atom is 2.00 e. The fourth-order valence-corrected chi connectivity index (χ4v) is 1.13. The van der Waals surface area contributed by atoms with Crippen molar-refractivity contribution < 1.29 is 20.4 Å². The minimum atomic E-state index is 0. The van der Waals surface area contributed by atoms with E-state index in [0.29, 0.717) is 0 Å². The van der Waals surface area contributed by atoms with E-state index in [-0.39, 0.29) is 49.5 Å². The van der Waals surface area contributed by atoms with E-state index in [0.717, 1.165) is 51.4 Å². The molecule has 100 valence electrons. The molecule has 0 heterocycles. The van der Waals surface area contributed by atoms with Crippen LogP contribution in [0.25, 0.3) is 0 Å². The third-order valence-corrected chi connectivity index (χ3v) is 2.10. The van der Waals surface area contributed by atoms with Crippen molar-refractivity contribution in [3.8, 4) is 0 Å². The number of hydrogen-bond donors (Lipinski definition) is 2. The van der Waals surface area contributed by atoms with E-state index >= 15 is 0 Å². The van der Waals surface area contributed by atoms with Crippen LogP contribution in [0.3, 0.4) is 0 Å². The van der Waals surface area contributed by atoms with E-state index < -0.39 is 0 Å². The first kappa shape index (κ1) is 22.8. The van der Waals surface area contributed by atoms with Gasteiger partial charge in [-0.3, -0.25) is 0 Å². The molecule has 0 amide bonds. The van der Waals surface area contributed by atoms with Gasteiger partial charge in [-0.25, -0.2) is 0 Å². The Morgan fingerprint density at radius 1 is 0.529 bits per heavy atom. The zero-order valence-electron chi connectivity index (χ0n) is 10.9. The summed E-state index contributed by atoms with van der Waals surface area (Å²) in [6.07, 6.45) is 7.17. The summed E-state index contributed by atoms with van der Waals surface area (Å²) in [5.41, 5.74) is 0. The van der Waals surface area contributed by atoms with Gasteiger partial charge in [-0.05, 0) is 12.8 Å². The quantitative estimate of drug-likeness (QED) is 0.405. The maximum atomic E-state index is 9.83. The van der Waals surface area contributed by atoms with Gasteiger partial charge in [0.15, 0.2) is 0 Å². The van der Waals surface area contributed by atoms with Crippen molar-refractivity contribution in [2.45, 2.75) is 51.4 Å². The topological polar surface area (TPSA) is 86.6 Å². The molecule has 0 aromatic carbocycles. The van der Waals surface area contributed by atoms with Crippen molar-refractivity contribution in [3.05, 3.63) is 0 Å². The molecule has 0 rings (SSSR count). The van der Waals surface area contributed by atoms with Crippen molar-refractivity contribution in [1.82, 2.24) is 0 Å². The number of aliphatic hydroxyl groups is 2. The second-order valence-corrected chi connectivity index (χ2v) is 3.68. The Kier molecular flexibility index (Phi) is 34.1. The standard InChI is InChI=1S/2C6H13O2.Mg/c2*7-5-3-1-2-4-6-8;/h2*7H,1-6H2;/q2*-1;+2. The van der Waals surface area contributed by atoms with E-state index in [2.05, 4.69) is 0 Å². The van der Waals surface area contributed by atoms with Crippen molar-refractivity contribution in [1.29, 1.82) is 0 Å². The molecule has 0 spiro atoms. The fourth-order valence-electron chi connectivity index (χ4n) is 1.13. The normalized spacial score (nSPS) is 9.18. The molecule has 0 aliphatic rings. The van der Waals surface area contributed by atoms with Gasteiger partial charge in [0, 0.05) is 13.2 Å². The van der Waals surface area contributed by atoms with Gasteiger partial charge in [0.05, 0.1) is 0 Å². The third kappa shape index (κ3) is 31.5. The molecule has 0 unspecified atom stereocenters. The molecular formula is C12H26MgO4. The Balaban J connectivity index is -0.000000218. The molecule has 0 radical (unpaired) electrons. The SMILES string of the molecule is [Mg+2].[O-]CCCCCCO.[O-]CCCCCCO. The van der Waals surface area contributed by atoms with Crippen LogP contribution in [-0.2, 0) is 0 Å². The van der Waals surface area contributed by atoms with E-state index in [9.17, 15) is 10.2 Å². The summed E-state index contributed by atoms with van der Waals surface area (Å²) in [5.74, 6) is 0. The molecule has 2 N–H and O–H groups in total. The van der Waals surface area contributed by atoms with Gasteiger partial charge in [0.2, 0.25) is 0 Å². The van der Waals surface area contributed by atoms with Crippen LogP contribution in [0.2, 0.25) is 0 Å². The van der Waals surface area contributed by atoms with Crippen LogP contribution in [0, 0.1) is 0 Å². The van der Waals surface area contributed by atoms with Crippen LogP contribution in [-0.4, -0.2) is 59.7 Å². The molecule has 17 heavy (non-hydrogen) atoms. The predicted octanol–water partition coefficient (Wildman–Crippen LogP) is -0.582. The predicted molar refractivity (Wildman–Crippen MR) is 66.6 cm³/mol. The van der Waals surface area contributed by atoms with Crippen molar-refractivity contribution in [3.63, 3.8) is 0 Å². The molecule has 0 aliphatic heterocycles. The Morgan fingerprint density at radius 3 is 1.06 bits per heavy atom. The van der Waals surface area contributed by atoms with E-state index in [4.69, 9.17) is 10.2 Å². The Hall–Kier alpha value is 0.606. The van der Waals surface area contributed by atoms with Crippen LogP contribution in [0.1, 0.15) is 51.4 Å². The maximum absolute atomic E-state index is 9.83. The van der Waals surface area contributed by atoms with Crippen molar-refractivity contribution in [2.24, 2.45) is 0 Å². The zero-order chi connectivity index (χ0) is 12.5. The molecule has 4 nitrogen and oxygen atoms in total. The summed E-state index contributed by atoms with van der Waals surface area (Å²) >= 11 is 0. The fraction of sp³-hybridized carbons (Fsp3) is 1.00. The largest absolute Gasteiger partial charge is 2.00 e. The summed E-state index contributed by atoms with van der Waals surface area (Å²) in [4.78, 5) is 0. The van der Waals surface area contributed by atoms with Gasteiger partial charge in [0.25, 0.3) is 0 Å². The van der Waals surface area contributed by atoms with Gasteiger partial charge in [0.1, 0.15) is 0 Å². The van der Waals surface area contributed by atoms with Crippen LogP contribution in [0.5, 0.6) is 0 Å². The van der Waals surface area contributed by atoms with Gasteiger partial charge < -0.3 is 20.4 Å². The second-order valence-electron chi connectivity index (χ2n) is 3.68. The van der Waals surface area contributed by atoms with Crippen LogP contribution >= 0.6 is 0 Å². The summed E-state index contributed by atoms with van der Waals surface area (Å²) in [5, 5.41) is 36.2. The van der Waals surface area contributed by atoms with E-state index in [1.807, 2.05) is 0 Å². The van der Waals surface area contributed by atoms with Gasteiger partial charge in [-0.15, -0.1) is 13.2 Å². The monoisotopic (exact) mass is 258 g/mol.